The molecule has 0 spiro atoms. The van der Waals surface area contributed by atoms with E-state index in [1.165, 1.54) is 30.4 Å². The first-order valence-electron chi connectivity index (χ1n) is 10.2. The Kier molecular flexibility index (Phi) is 3.47. The molecule has 3 unspecified atom stereocenters. The topological polar surface area (TPSA) is 40.5 Å². The number of aromatic hydroxyl groups is 1. The van der Waals surface area contributed by atoms with Gasteiger partial charge in [0.2, 0.25) is 0 Å². The molecule has 6 atom stereocenters. The molecule has 2 fully saturated rings. The number of phenols is 1. The summed E-state index contributed by atoms with van der Waals surface area (Å²) < 4.78 is 0. The number of aliphatic hydroxyl groups excluding tert-OH is 1. The first kappa shape index (κ1) is 18.7. The minimum Gasteiger partial charge on any atom is -0.508 e. The molecule has 3 aliphatic rings. The van der Waals surface area contributed by atoms with E-state index in [0.717, 1.165) is 12.8 Å². The van der Waals surface area contributed by atoms with E-state index in [1.54, 1.807) is 0 Å². The first-order valence-corrected chi connectivity index (χ1v) is 14.8. The fraction of sp³-hybridized carbons (Fsp3) is 0.739. The van der Waals surface area contributed by atoms with E-state index in [0.29, 0.717) is 28.8 Å². The molecule has 1 aromatic carbocycles. The highest BCUT2D eigenvalue weighted by molar-refractivity contribution is 8.62. The van der Waals surface area contributed by atoms with Gasteiger partial charge in [0.15, 0.2) is 0 Å². The Hall–Kier alpha value is -0.670. The number of phenolic OH excluding ortho intramolecular Hbond substituents is 1. The number of hydrogen-bond donors (Lipinski definition) is 2. The van der Waals surface area contributed by atoms with Crippen LogP contribution in [-0.4, -0.2) is 47.6 Å². The quantitative estimate of drug-likeness (QED) is 0.711. The highest BCUT2D eigenvalue weighted by atomic mass is 32.4. The number of aliphatic hydroxyl groups is 1. The van der Waals surface area contributed by atoms with Crippen LogP contribution < -0.4 is 0 Å². The minimum absolute atomic E-state index is 0.110. The van der Waals surface area contributed by atoms with Gasteiger partial charge in [-0.15, -0.1) is 0 Å². The largest absolute Gasteiger partial charge is 0.508 e. The normalized spacial score (nSPS) is 42.2. The molecule has 4 rings (SSSR count). The van der Waals surface area contributed by atoms with Crippen molar-refractivity contribution in [3.63, 3.8) is 0 Å². The molecule has 3 aliphatic carbocycles. The molecular formula is C23H38O2S. The predicted octanol–water partition coefficient (Wildman–Crippen LogP) is 5.13. The summed E-state index contributed by atoms with van der Waals surface area (Å²) in [6.07, 6.45) is 18.0. The zero-order chi connectivity index (χ0) is 19.2. The molecule has 2 N–H and O–H groups in total. The molecule has 26 heavy (non-hydrogen) atoms. The molecule has 0 aliphatic heterocycles. The van der Waals surface area contributed by atoms with Gasteiger partial charge in [-0.25, -0.2) is 0 Å². The molecule has 148 valence electrons. The second kappa shape index (κ2) is 4.84. The molecule has 0 bridgehead atoms. The predicted molar refractivity (Wildman–Crippen MR) is 115 cm³/mol. The summed E-state index contributed by atoms with van der Waals surface area (Å²) in [4.78, 5) is 0. The maximum Gasteiger partial charge on any atom is 0.115 e. The van der Waals surface area contributed by atoms with Gasteiger partial charge in [0.1, 0.15) is 5.75 Å². The number of fused-ring (bicyclic) bond motifs is 5. The molecule has 2 saturated carbocycles. The van der Waals surface area contributed by atoms with Gasteiger partial charge in [0.05, 0.1) is 6.10 Å². The van der Waals surface area contributed by atoms with E-state index in [-0.39, 0.29) is 11.5 Å². The van der Waals surface area contributed by atoms with Crippen molar-refractivity contribution >= 4 is 8.29 Å². The first-order chi connectivity index (χ1) is 11.7. The van der Waals surface area contributed by atoms with E-state index in [4.69, 9.17) is 0 Å². The van der Waals surface area contributed by atoms with E-state index >= 15 is 0 Å². The van der Waals surface area contributed by atoms with Crippen LogP contribution in [0.2, 0.25) is 0 Å². The van der Waals surface area contributed by atoms with Crippen molar-refractivity contribution in [2.75, 3.05) is 31.3 Å². The third-order valence-electron chi connectivity index (χ3n) is 8.11. The lowest BCUT2D eigenvalue weighted by Gasteiger charge is -2.73. The van der Waals surface area contributed by atoms with Crippen LogP contribution in [-0.2, 0) is 0 Å². The van der Waals surface area contributed by atoms with Crippen molar-refractivity contribution < 1.29 is 10.2 Å². The van der Waals surface area contributed by atoms with Gasteiger partial charge in [-0.3, -0.25) is 8.29 Å². The second-order valence-electron chi connectivity index (χ2n) is 12.8. The van der Waals surface area contributed by atoms with E-state index in [1.807, 2.05) is 6.07 Å². The van der Waals surface area contributed by atoms with Crippen molar-refractivity contribution in [3.05, 3.63) is 29.3 Å². The average Bonchev–Trinajstić information content (AvgIpc) is 2.79. The lowest BCUT2D eigenvalue weighted by atomic mass is 9.55. The summed E-state index contributed by atoms with van der Waals surface area (Å²) in [5.41, 5.74) is 3.01. The van der Waals surface area contributed by atoms with E-state index < -0.39 is 8.29 Å². The van der Waals surface area contributed by atoms with Gasteiger partial charge in [0, 0.05) is 5.25 Å². The molecular weight excluding hydrogens is 340 g/mol. The molecule has 0 amide bonds. The van der Waals surface area contributed by atoms with Crippen LogP contribution in [0.5, 0.6) is 5.75 Å². The number of benzene rings is 1. The molecule has 2 nitrogen and oxygen atoms in total. The zero-order valence-corrected chi connectivity index (χ0v) is 18.3. The smallest absolute Gasteiger partial charge is 0.115 e. The van der Waals surface area contributed by atoms with E-state index in [9.17, 15) is 10.2 Å². The maximum atomic E-state index is 10.7. The van der Waals surface area contributed by atoms with Crippen LogP contribution in [0.15, 0.2) is 18.2 Å². The van der Waals surface area contributed by atoms with Gasteiger partial charge in [0.25, 0.3) is 0 Å². The zero-order valence-electron chi connectivity index (χ0n) is 17.5. The molecule has 3 heteroatoms. The maximum absolute atomic E-state index is 10.7. The average molecular weight is 379 g/mol. The van der Waals surface area contributed by atoms with Gasteiger partial charge in [-0.2, -0.15) is 0 Å². The van der Waals surface area contributed by atoms with Gasteiger partial charge in [-0.1, -0.05) is 13.0 Å². The fourth-order valence-electron chi connectivity index (χ4n) is 6.64. The van der Waals surface area contributed by atoms with Crippen molar-refractivity contribution in [2.45, 2.75) is 56.3 Å². The lowest BCUT2D eigenvalue weighted by Crippen LogP contribution is -2.47. The Morgan fingerprint density at radius 2 is 1.69 bits per heavy atom. The van der Waals surface area contributed by atoms with Crippen molar-refractivity contribution in [3.8, 4) is 5.75 Å². The number of hydrogen-bond acceptors (Lipinski definition) is 2. The van der Waals surface area contributed by atoms with E-state index in [2.05, 4.69) is 50.3 Å². The fourth-order valence-corrected chi connectivity index (χ4v) is 9.30. The molecule has 0 saturated heterocycles. The van der Waals surface area contributed by atoms with Crippen LogP contribution in [0.4, 0.5) is 0 Å². The van der Waals surface area contributed by atoms with Crippen LogP contribution in [0.25, 0.3) is 0 Å². The Bertz CT molecular complexity index is 748. The van der Waals surface area contributed by atoms with Crippen molar-refractivity contribution in [1.82, 2.24) is 0 Å². The summed E-state index contributed by atoms with van der Waals surface area (Å²) in [7, 11) is -2.29. The molecule has 0 aromatic heterocycles. The van der Waals surface area contributed by atoms with Crippen LogP contribution >= 0.6 is 8.29 Å². The Labute approximate surface area is 158 Å². The Morgan fingerprint density at radius 1 is 1.00 bits per heavy atom. The lowest BCUT2D eigenvalue weighted by molar-refractivity contribution is -0.0230. The third-order valence-corrected chi connectivity index (χ3v) is 11.4. The summed E-state index contributed by atoms with van der Waals surface area (Å²) in [6.45, 7) is 2.35. The van der Waals surface area contributed by atoms with Crippen molar-refractivity contribution in [1.29, 1.82) is 0 Å². The number of rotatable bonds is 1. The van der Waals surface area contributed by atoms with Crippen LogP contribution in [0.3, 0.4) is 0 Å². The molecule has 1 aromatic rings. The second-order valence-corrected chi connectivity index (χ2v) is 23.9. The van der Waals surface area contributed by atoms with Crippen LogP contribution in [0, 0.1) is 17.3 Å². The molecule has 0 heterocycles. The third kappa shape index (κ3) is 2.73. The van der Waals surface area contributed by atoms with Gasteiger partial charge >= 0.3 is 0 Å². The minimum atomic E-state index is -2.29. The summed E-state index contributed by atoms with van der Waals surface area (Å²) >= 11 is 0. The SMILES string of the molecule is C[C@]12CCC3c4ccc(O)cc4[C@H](S(C)(C)(C)(C)C)CC3C1CC[C@@H]2O. The van der Waals surface area contributed by atoms with Gasteiger partial charge < -0.3 is 10.2 Å². The summed E-state index contributed by atoms with van der Waals surface area (Å²) in [6, 6.07) is 6.17. The Morgan fingerprint density at radius 3 is 2.35 bits per heavy atom. The van der Waals surface area contributed by atoms with Gasteiger partial charge in [-0.05, 0) is 110 Å². The van der Waals surface area contributed by atoms with Crippen LogP contribution in [0.1, 0.15) is 61.3 Å². The summed E-state index contributed by atoms with van der Waals surface area (Å²) in [5.74, 6) is 2.32. The monoisotopic (exact) mass is 378 g/mol. The summed E-state index contributed by atoms with van der Waals surface area (Å²) in [5, 5.41) is 21.4. The standard InChI is InChI=1S/C23H38O2S/c1-23-12-11-17-16-8-7-15(24)13-19(16)21(26(2,3,4,5)6)14-18(17)20(23)9-10-22(23)25/h7-8,13,17-18,20-22,24-25H,9-12,14H2,1-6H3/t17?,18?,20?,21-,22+,23+/m1/s1. The highest BCUT2D eigenvalue weighted by Crippen LogP contribution is 2.87. The molecule has 0 radical (unpaired) electrons. The highest BCUT2D eigenvalue weighted by Gasteiger charge is 2.58. The van der Waals surface area contributed by atoms with Crippen molar-refractivity contribution in [2.24, 2.45) is 17.3 Å². The Balaban J connectivity index is 1.87.